The summed E-state index contributed by atoms with van der Waals surface area (Å²) < 4.78 is 0. The Labute approximate surface area is 113 Å². The van der Waals surface area contributed by atoms with Gasteiger partial charge < -0.3 is 0 Å². The Morgan fingerprint density at radius 2 is 1.56 bits per heavy atom. The van der Waals surface area contributed by atoms with Gasteiger partial charge in [0.15, 0.2) is 0 Å². The van der Waals surface area contributed by atoms with Crippen molar-refractivity contribution < 1.29 is 0 Å². The van der Waals surface area contributed by atoms with Crippen molar-refractivity contribution >= 4 is 0 Å². The van der Waals surface area contributed by atoms with Gasteiger partial charge in [-0.25, -0.2) is 0 Å². The number of likely N-dealkylation sites (tertiary alicyclic amines) is 1. The third kappa shape index (κ3) is 2.48. The van der Waals surface area contributed by atoms with Crippen LogP contribution in [-0.2, 0) is 0 Å². The lowest BCUT2D eigenvalue weighted by atomic mass is 9.79. The van der Waals surface area contributed by atoms with E-state index in [0.29, 0.717) is 10.8 Å². The summed E-state index contributed by atoms with van der Waals surface area (Å²) in [5.74, 6) is 0. The quantitative estimate of drug-likeness (QED) is 0.656. The van der Waals surface area contributed by atoms with Crippen molar-refractivity contribution in [2.24, 2.45) is 10.8 Å². The van der Waals surface area contributed by atoms with E-state index in [1.54, 1.807) is 0 Å². The predicted molar refractivity (Wildman–Crippen MR) is 77.7 cm³/mol. The molecule has 0 amide bonds. The Kier molecular flexibility index (Phi) is 3.25. The van der Waals surface area contributed by atoms with Crippen LogP contribution in [0.5, 0.6) is 0 Å². The summed E-state index contributed by atoms with van der Waals surface area (Å²) in [6.45, 7) is 8.95. The van der Waals surface area contributed by atoms with Crippen molar-refractivity contribution in [3.63, 3.8) is 0 Å². The van der Waals surface area contributed by atoms with E-state index in [-0.39, 0.29) is 0 Å². The highest BCUT2D eigenvalue weighted by Gasteiger charge is 2.47. The molecule has 1 heteroatoms. The SMILES string of the molecule is CC1(C)CCC2(C)CC(C1)N(C1CCCCC1)C2. The Morgan fingerprint density at radius 1 is 0.833 bits per heavy atom. The van der Waals surface area contributed by atoms with Gasteiger partial charge in [-0.1, -0.05) is 40.0 Å². The van der Waals surface area contributed by atoms with Crippen LogP contribution in [0.15, 0.2) is 0 Å². The van der Waals surface area contributed by atoms with E-state index < -0.39 is 0 Å². The Hall–Kier alpha value is -0.0400. The summed E-state index contributed by atoms with van der Waals surface area (Å²) in [6.07, 6.45) is 13.2. The van der Waals surface area contributed by atoms with E-state index >= 15 is 0 Å². The highest BCUT2D eigenvalue weighted by molar-refractivity contribution is 5.01. The number of hydrogen-bond donors (Lipinski definition) is 0. The van der Waals surface area contributed by atoms with E-state index in [4.69, 9.17) is 0 Å². The van der Waals surface area contributed by atoms with Crippen molar-refractivity contribution in [1.82, 2.24) is 4.90 Å². The lowest BCUT2D eigenvalue weighted by molar-refractivity contribution is 0.0867. The first kappa shape index (κ1) is 13.0. The highest BCUT2D eigenvalue weighted by Crippen LogP contribution is 2.50. The predicted octanol–water partition coefficient (Wildman–Crippen LogP) is 4.61. The third-order valence-corrected chi connectivity index (χ3v) is 6.00. The molecule has 1 aliphatic heterocycles. The summed E-state index contributed by atoms with van der Waals surface area (Å²) in [5, 5.41) is 0. The molecule has 18 heavy (non-hydrogen) atoms. The summed E-state index contributed by atoms with van der Waals surface area (Å²) in [6, 6.07) is 1.83. The van der Waals surface area contributed by atoms with Crippen LogP contribution in [-0.4, -0.2) is 23.5 Å². The van der Waals surface area contributed by atoms with Gasteiger partial charge in [0.05, 0.1) is 0 Å². The molecule has 1 saturated heterocycles. The van der Waals surface area contributed by atoms with Crippen LogP contribution in [0.4, 0.5) is 0 Å². The van der Waals surface area contributed by atoms with E-state index in [1.807, 2.05) is 0 Å². The van der Waals surface area contributed by atoms with Crippen molar-refractivity contribution in [1.29, 1.82) is 0 Å². The van der Waals surface area contributed by atoms with Gasteiger partial charge in [-0.05, 0) is 49.4 Å². The summed E-state index contributed by atoms with van der Waals surface area (Å²) in [5.41, 5.74) is 1.21. The monoisotopic (exact) mass is 249 g/mol. The number of rotatable bonds is 1. The molecule has 1 nitrogen and oxygen atoms in total. The van der Waals surface area contributed by atoms with Crippen LogP contribution in [0.1, 0.15) is 78.6 Å². The number of nitrogens with zero attached hydrogens (tertiary/aromatic N) is 1. The molecule has 104 valence electrons. The fourth-order valence-corrected chi connectivity index (χ4v) is 4.91. The summed E-state index contributed by atoms with van der Waals surface area (Å²) >= 11 is 0. The van der Waals surface area contributed by atoms with Crippen molar-refractivity contribution in [3.8, 4) is 0 Å². The first-order chi connectivity index (χ1) is 8.48. The zero-order valence-corrected chi connectivity index (χ0v) is 12.7. The molecule has 0 aromatic rings. The normalized spacial score (nSPS) is 41.8. The fraction of sp³-hybridized carbons (Fsp3) is 1.00. The maximum atomic E-state index is 2.94. The molecule has 0 aromatic heterocycles. The maximum absolute atomic E-state index is 2.94. The number of fused-ring (bicyclic) bond motifs is 2. The minimum atomic E-state index is 0.579. The molecule has 0 N–H and O–H groups in total. The van der Waals surface area contributed by atoms with E-state index in [2.05, 4.69) is 25.7 Å². The largest absolute Gasteiger partial charge is 0.297 e. The second-order valence-electron chi connectivity index (χ2n) is 8.50. The second-order valence-corrected chi connectivity index (χ2v) is 8.50. The van der Waals surface area contributed by atoms with Gasteiger partial charge in [0.2, 0.25) is 0 Å². The van der Waals surface area contributed by atoms with Crippen LogP contribution in [0, 0.1) is 10.8 Å². The van der Waals surface area contributed by atoms with Crippen LogP contribution in [0.25, 0.3) is 0 Å². The molecule has 0 spiro atoms. The van der Waals surface area contributed by atoms with Gasteiger partial charge in [0.25, 0.3) is 0 Å². The van der Waals surface area contributed by atoms with Gasteiger partial charge >= 0.3 is 0 Å². The van der Waals surface area contributed by atoms with Gasteiger partial charge in [-0.2, -0.15) is 0 Å². The molecule has 3 rings (SSSR count). The summed E-state index contributed by atoms with van der Waals surface area (Å²) in [7, 11) is 0. The first-order valence-electron chi connectivity index (χ1n) is 8.23. The lowest BCUT2D eigenvalue weighted by Crippen LogP contribution is -2.43. The molecule has 3 fully saturated rings. The average molecular weight is 249 g/mol. The second kappa shape index (κ2) is 4.51. The van der Waals surface area contributed by atoms with E-state index in [1.165, 1.54) is 64.3 Å². The average Bonchev–Trinajstić information content (AvgIpc) is 2.59. The van der Waals surface area contributed by atoms with Gasteiger partial charge in [0, 0.05) is 18.6 Å². The van der Waals surface area contributed by atoms with Gasteiger partial charge in [-0.15, -0.1) is 0 Å². The molecular weight excluding hydrogens is 218 g/mol. The van der Waals surface area contributed by atoms with Crippen LogP contribution >= 0.6 is 0 Å². The highest BCUT2D eigenvalue weighted by atomic mass is 15.2. The van der Waals surface area contributed by atoms with Crippen molar-refractivity contribution in [2.75, 3.05) is 6.54 Å². The molecule has 2 aliphatic carbocycles. The molecular formula is C17H31N. The molecule has 2 atom stereocenters. The molecule has 1 heterocycles. The summed E-state index contributed by atoms with van der Waals surface area (Å²) in [4.78, 5) is 2.94. The zero-order chi connectivity index (χ0) is 12.8. The van der Waals surface area contributed by atoms with E-state index in [0.717, 1.165) is 12.1 Å². The first-order valence-corrected chi connectivity index (χ1v) is 8.23. The lowest BCUT2D eigenvalue weighted by Gasteiger charge is -2.40. The zero-order valence-electron chi connectivity index (χ0n) is 12.7. The molecule has 0 radical (unpaired) electrons. The maximum Gasteiger partial charge on any atom is 0.0109 e. The fourth-order valence-electron chi connectivity index (χ4n) is 4.91. The van der Waals surface area contributed by atoms with Crippen molar-refractivity contribution in [2.45, 2.75) is 90.6 Å². The minimum Gasteiger partial charge on any atom is -0.297 e. The van der Waals surface area contributed by atoms with Gasteiger partial charge in [-0.3, -0.25) is 4.90 Å². The molecule has 3 aliphatic rings. The number of hydrogen-bond acceptors (Lipinski definition) is 1. The standard InChI is InChI=1S/C17H31N/c1-16(2)9-10-17(3)12-15(11-16)18(13-17)14-7-5-4-6-8-14/h14-15H,4-13H2,1-3H3. The Balaban J connectivity index is 1.76. The Bertz CT molecular complexity index is 303. The van der Waals surface area contributed by atoms with Gasteiger partial charge in [0.1, 0.15) is 0 Å². The molecule has 2 unspecified atom stereocenters. The smallest absolute Gasteiger partial charge is 0.0109 e. The third-order valence-electron chi connectivity index (χ3n) is 6.00. The van der Waals surface area contributed by atoms with Crippen molar-refractivity contribution in [3.05, 3.63) is 0 Å². The van der Waals surface area contributed by atoms with Crippen LogP contribution in [0.3, 0.4) is 0 Å². The Morgan fingerprint density at radius 3 is 2.28 bits per heavy atom. The molecule has 2 saturated carbocycles. The molecule has 2 bridgehead atoms. The van der Waals surface area contributed by atoms with E-state index in [9.17, 15) is 0 Å². The molecule has 0 aromatic carbocycles. The minimum absolute atomic E-state index is 0.579. The van der Waals surface area contributed by atoms with Crippen LogP contribution < -0.4 is 0 Å². The van der Waals surface area contributed by atoms with Crippen LogP contribution in [0.2, 0.25) is 0 Å². The topological polar surface area (TPSA) is 3.24 Å².